The molecular weight excluding hydrogens is 458 g/mol. The minimum absolute atomic E-state index is 0. The Kier molecular flexibility index (Phi) is 16.7. The van der Waals surface area contributed by atoms with Crippen molar-refractivity contribution in [3.63, 3.8) is 0 Å². The Hall–Kier alpha value is 0.624. The number of rotatable bonds is 3. The van der Waals surface area contributed by atoms with Crippen LogP contribution in [0.1, 0.15) is 20.8 Å². The Morgan fingerprint density at radius 1 is 0.591 bits per heavy atom. The molecule has 0 bridgehead atoms. The van der Waals surface area contributed by atoms with E-state index in [1.165, 1.54) is 0 Å². The van der Waals surface area contributed by atoms with E-state index in [0.29, 0.717) is 20.8 Å². The molecule has 0 spiro atoms. The molecule has 0 aromatic heterocycles. The molecule has 3 unspecified atom stereocenters. The van der Waals surface area contributed by atoms with Crippen LogP contribution in [-0.4, -0.2) is 55.4 Å². The summed E-state index contributed by atoms with van der Waals surface area (Å²) in [6, 6.07) is 0. The smallest absolute Gasteiger partial charge is 0.746 e. The molecule has 132 valence electrons. The van der Waals surface area contributed by atoms with Gasteiger partial charge in [-0.3, -0.25) is 0 Å². The summed E-state index contributed by atoms with van der Waals surface area (Å²) in [4.78, 5) is 0. The maximum atomic E-state index is 11.3. The van der Waals surface area contributed by atoms with Crippen LogP contribution >= 0.6 is 0 Å². The van der Waals surface area contributed by atoms with Crippen molar-refractivity contribution < 1.29 is 84.8 Å². The van der Waals surface area contributed by atoms with E-state index in [1.54, 1.807) is 0 Å². The van der Waals surface area contributed by atoms with Gasteiger partial charge >= 0.3 is 32.7 Å². The van der Waals surface area contributed by atoms with Crippen LogP contribution in [0.25, 0.3) is 0 Å². The Balaban J connectivity index is -0.000000108. The fourth-order valence-electron chi connectivity index (χ4n) is 0. The number of alkyl halides is 3. The monoisotopic (exact) mass is 470 g/mol. The fourth-order valence-corrected chi connectivity index (χ4v) is 0. The number of hydrogen-bond acceptors (Lipinski definition) is 9. The average molecular weight is 470 g/mol. The van der Waals surface area contributed by atoms with E-state index in [0.717, 1.165) is 0 Å². The minimum Gasteiger partial charge on any atom is -0.746 e. The van der Waals surface area contributed by atoms with Gasteiger partial charge in [0.25, 0.3) is 0 Å². The standard InChI is InChI=1S/3C2H5FO3S.Y/c3*1-2(3)7(4,5)6;/h3*2H,1H3,(H,4,5,6);/q;;;+3/p-3. The van der Waals surface area contributed by atoms with Gasteiger partial charge in [-0.1, -0.05) is 0 Å². The van der Waals surface area contributed by atoms with Crippen molar-refractivity contribution in [2.24, 2.45) is 0 Å². The molecule has 0 aliphatic heterocycles. The number of hydrogen-bond donors (Lipinski definition) is 0. The quantitative estimate of drug-likeness (QED) is 0.495. The molecular formula is C6H12F3O9S3Y. The van der Waals surface area contributed by atoms with Gasteiger partial charge in [-0.2, -0.15) is 0 Å². The molecule has 0 saturated carbocycles. The van der Waals surface area contributed by atoms with Crippen LogP contribution in [0, 0.1) is 0 Å². The van der Waals surface area contributed by atoms with Crippen LogP contribution in [0.15, 0.2) is 0 Å². The summed E-state index contributed by atoms with van der Waals surface area (Å²) in [5.41, 5.74) is -6.85. The summed E-state index contributed by atoms with van der Waals surface area (Å²) in [7, 11) is -14.0. The van der Waals surface area contributed by atoms with Crippen molar-refractivity contribution in [1.29, 1.82) is 0 Å². The second-order valence-corrected chi connectivity index (χ2v) is 8.01. The van der Waals surface area contributed by atoms with Crippen molar-refractivity contribution >= 4 is 30.4 Å². The Bertz CT molecular complexity index is 496. The van der Waals surface area contributed by atoms with Crippen molar-refractivity contribution in [1.82, 2.24) is 0 Å². The van der Waals surface area contributed by atoms with E-state index in [-0.39, 0.29) is 32.7 Å². The van der Waals surface area contributed by atoms with Gasteiger partial charge in [0.1, 0.15) is 30.4 Å². The molecule has 0 saturated heterocycles. The maximum absolute atomic E-state index is 11.3. The molecule has 0 aromatic carbocycles. The van der Waals surface area contributed by atoms with E-state index in [4.69, 9.17) is 0 Å². The maximum Gasteiger partial charge on any atom is 3.00 e. The van der Waals surface area contributed by atoms with Crippen LogP contribution < -0.4 is 0 Å². The van der Waals surface area contributed by atoms with E-state index < -0.39 is 46.9 Å². The third-order valence-corrected chi connectivity index (χ3v) is 3.58. The summed E-state index contributed by atoms with van der Waals surface area (Å²) >= 11 is 0. The Morgan fingerprint density at radius 3 is 0.636 bits per heavy atom. The van der Waals surface area contributed by atoms with Gasteiger partial charge in [-0.25, -0.2) is 38.4 Å². The van der Waals surface area contributed by atoms with Gasteiger partial charge in [0.05, 0.1) is 0 Å². The molecule has 0 N–H and O–H groups in total. The van der Waals surface area contributed by atoms with Gasteiger partial charge < -0.3 is 13.7 Å². The van der Waals surface area contributed by atoms with Gasteiger partial charge in [0, 0.05) is 0 Å². The van der Waals surface area contributed by atoms with Gasteiger partial charge in [0.2, 0.25) is 0 Å². The first kappa shape index (κ1) is 30.5. The van der Waals surface area contributed by atoms with Crippen molar-refractivity contribution in [2.45, 2.75) is 37.3 Å². The molecule has 0 aromatic rings. The van der Waals surface area contributed by atoms with Crippen LogP contribution in [0.4, 0.5) is 13.2 Å². The van der Waals surface area contributed by atoms with Gasteiger partial charge in [-0.15, -0.1) is 0 Å². The summed E-state index contributed by atoms with van der Waals surface area (Å²) < 4.78 is 119. The molecule has 22 heavy (non-hydrogen) atoms. The van der Waals surface area contributed by atoms with Crippen molar-refractivity contribution in [3.05, 3.63) is 0 Å². The van der Waals surface area contributed by atoms with Crippen LogP contribution in [0.2, 0.25) is 0 Å². The molecule has 3 atom stereocenters. The molecule has 0 radical (unpaired) electrons. The zero-order chi connectivity index (χ0) is 18.2. The SMILES string of the molecule is CC(F)S(=O)(=O)[O-].CC(F)S(=O)(=O)[O-].CC(F)S(=O)(=O)[O-].[Y+3]. The van der Waals surface area contributed by atoms with Crippen molar-refractivity contribution in [3.8, 4) is 0 Å². The molecule has 9 nitrogen and oxygen atoms in total. The summed E-state index contributed by atoms with van der Waals surface area (Å²) in [6.45, 7) is 2.05. The molecule has 0 amide bonds. The second kappa shape index (κ2) is 12.1. The van der Waals surface area contributed by atoms with Crippen LogP contribution in [0.5, 0.6) is 0 Å². The van der Waals surface area contributed by atoms with Crippen molar-refractivity contribution in [2.75, 3.05) is 0 Å². The molecule has 0 heterocycles. The topological polar surface area (TPSA) is 172 Å². The minimum atomic E-state index is -4.66. The summed E-state index contributed by atoms with van der Waals surface area (Å²) in [5.74, 6) is 0. The number of halogens is 3. The van der Waals surface area contributed by atoms with Crippen LogP contribution in [0.3, 0.4) is 0 Å². The van der Waals surface area contributed by atoms with Gasteiger partial charge in [-0.05, 0) is 20.8 Å². The van der Waals surface area contributed by atoms with Gasteiger partial charge in [0.15, 0.2) is 16.5 Å². The second-order valence-electron chi connectivity index (χ2n) is 3.11. The van der Waals surface area contributed by atoms with E-state index in [1.807, 2.05) is 0 Å². The first-order valence-electron chi connectivity index (χ1n) is 4.59. The average Bonchev–Trinajstić information content (AvgIpc) is 2.14. The third kappa shape index (κ3) is 22.9. The Labute approximate surface area is 151 Å². The molecule has 0 aliphatic rings. The van der Waals surface area contributed by atoms with E-state index >= 15 is 0 Å². The zero-order valence-corrected chi connectivity index (χ0v) is 16.6. The van der Waals surface area contributed by atoms with Crippen LogP contribution in [-0.2, 0) is 63.1 Å². The third-order valence-electron chi connectivity index (χ3n) is 1.19. The predicted molar refractivity (Wildman–Crippen MR) is 60.8 cm³/mol. The molecule has 16 heteroatoms. The molecule has 0 aliphatic carbocycles. The molecule has 0 rings (SSSR count). The predicted octanol–water partition coefficient (Wildman–Crippen LogP) is -0.461. The van der Waals surface area contributed by atoms with E-state index in [9.17, 15) is 52.1 Å². The normalized spacial score (nSPS) is 15.7. The molecule has 0 fully saturated rings. The zero-order valence-electron chi connectivity index (χ0n) is 11.3. The first-order chi connectivity index (χ1) is 8.83. The summed E-state index contributed by atoms with van der Waals surface area (Å²) in [5, 5.41) is 0. The summed E-state index contributed by atoms with van der Waals surface area (Å²) in [6.07, 6.45) is 0. The largest absolute Gasteiger partial charge is 3.00 e. The first-order valence-corrected chi connectivity index (χ1v) is 9.01. The van der Waals surface area contributed by atoms with E-state index in [2.05, 4.69) is 0 Å². The fraction of sp³-hybridized carbons (Fsp3) is 1.00. The Morgan fingerprint density at radius 2 is 0.636 bits per heavy atom.